The van der Waals surface area contributed by atoms with E-state index in [-0.39, 0.29) is 16.3 Å². The molecule has 0 aliphatic carbocycles. The number of carbonyl (C=O) groups is 1. The summed E-state index contributed by atoms with van der Waals surface area (Å²) in [7, 11) is -1.79. The molecular weight excluding hydrogens is 284 g/mol. The predicted molar refractivity (Wildman–Crippen MR) is 89.7 cm³/mol. The zero-order chi connectivity index (χ0) is 15.4. The zero-order valence-electron chi connectivity index (χ0n) is 13.4. The highest BCUT2D eigenvalue weighted by Crippen LogP contribution is 2.37. The van der Waals surface area contributed by atoms with E-state index in [1.807, 2.05) is 37.3 Å². The third-order valence-corrected chi connectivity index (χ3v) is 9.24. The number of benzene rings is 1. The fourth-order valence-corrected chi connectivity index (χ4v) is 3.93. The van der Waals surface area contributed by atoms with E-state index in [2.05, 4.69) is 33.9 Å². The van der Waals surface area contributed by atoms with Gasteiger partial charge in [-0.25, -0.2) is 0 Å². The van der Waals surface area contributed by atoms with Crippen LogP contribution in [0.3, 0.4) is 0 Å². The average molecular weight is 311 g/mol. The molecule has 0 fully saturated rings. The minimum Gasteiger partial charge on any atom is -0.414 e. The molecule has 1 atom stereocenters. The van der Waals surface area contributed by atoms with Crippen molar-refractivity contribution < 1.29 is 9.22 Å². The second kappa shape index (κ2) is 6.92. The molecule has 0 aliphatic rings. The van der Waals surface area contributed by atoms with E-state index in [0.29, 0.717) is 6.42 Å². The van der Waals surface area contributed by atoms with Crippen LogP contribution in [0.2, 0.25) is 18.1 Å². The summed E-state index contributed by atoms with van der Waals surface area (Å²) in [6, 6.07) is 9.78. The number of hydrogen-bond acceptors (Lipinski definition) is 3. The first-order chi connectivity index (χ1) is 9.12. The molecule has 0 aromatic heterocycles. The van der Waals surface area contributed by atoms with E-state index in [1.54, 1.807) is 0 Å². The zero-order valence-corrected chi connectivity index (χ0v) is 15.2. The van der Waals surface area contributed by atoms with Gasteiger partial charge in [-0.1, -0.05) is 50.7 Å². The number of rotatable bonds is 5. The van der Waals surface area contributed by atoms with Gasteiger partial charge in [0.05, 0.1) is 6.10 Å². The molecule has 0 heterocycles. The normalized spacial score (nSPS) is 14.1. The summed E-state index contributed by atoms with van der Waals surface area (Å²) in [4.78, 5) is 13.1. The van der Waals surface area contributed by atoms with Crippen molar-refractivity contribution in [2.45, 2.75) is 63.2 Å². The third-order valence-electron chi connectivity index (χ3n) is 3.73. The highest BCUT2D eigenvalue weighted by atomic mass is 32.2. The Balaban J connectivity index is 2.50. The molecule has 1 rings (SSSR count). The maximum Gasteiger partial charge on any atom is 0.196 e. The van der Waals surface area contributed by atoms with Crippen LogP contribution in [0.15, 0.2) is 35.2 Å². The van der Waals surface area contributed by atoms with Gasteiger partial charge < -0.3 is 4.43 Å². The average Bonchev–Trinajstić information content (AvgIpc) is 2.27. The minimum atomic E-state index is -1.79. The first-order valence-corrected chi connectivity index (χ1v) is 10.8. The van der Waals surface area contributed by atoms with Gasteiger partial charge in [0.15, 0.2) is 13.4 Å². The molecule has 0 bridgehead atoms. The molecule has 0 saturated carbocycles. The van der Waals surface area contributed by atoms with Gasteiger partial charge in [-0.15, -0.1) is 0 Å². The Morgan fingerprint density at radius 2 is 1.80 bits per heavy atom. The second-order valence-electron chi connectivity index (χ2n) is 6.68. The Bertz CT molecular complexity index is 438. The number of carbonyl (C=O) groups excluding carboxylic acids is 1. The maximum atomic E-state index is 12.1. The highest BCUT2D eigenvalue weighted by Gasteiger charge is 2.38. The first kappa shape index (κ1) is 17.5. The molecule has 0 spiro atoms. The summed E-state index contributed by atoms with van der Waals surface area (Å²) in [6.07, 6.45) is 0.450. The monoisotopic (exact) mass is 310 g/mol. The Labute approximate surface area is 128 Å². The quantitative estimate of drug-likeness (QED) is 0.558. The lowest BCUT2D eigenvalue weighted by atomic mass is 10.2. The van der Waals surface area contributed by atoms with Crippen molar-refractivity contribution in [2.75, 3.05) is 0 Å². The van der Waals surface area contributed by atoms with E-state index in [1.165, 1.54) is 11.8 Å². The van der Waals surface area contributed by atoms with Gasteiger partial charge in [0.1, 0.15) is 0 Å². The van der Waals surface area contributed by atoms with Gasteiger partial charge in [-0.05, 0) is 37.2 Å². The van der Waals surface area contributed by atoms with Crippen molar-refractivity contribution in [2.24, 2.45) is 0 Å². The molecule has 0 saturated heterocycles. The standard InChI is InChI=1S/C16H26O2SSi/c1-13(18-20(5,6)16(2,3)4)12-15(17)19-14-10-8-7-9-11-14/h7-11,13H,12H2,1-6H3. The van der Waals surface area contributed by atoms with Crippen LogP contribution in [0.1, 0.15) is 34.1 Å². The van der Waals surface area contributed by atoms with Crippen LogP contribution in [0.4, 0.5) is 0 Å². The van der Waals surface area contributed by atoms with Crippen LogP contribution in [0, 0.1) is 0 Å². The summed E-state index contributed by atoms with van der Waals surface area (Å²) < 4.78 is 6.22. The lowest BCUT2D eigenvalue weighted by Gasteiger charge is -2.38. The molecule has 0 aliphatic heterocycles. The van der Waals surface area contributed by atoms with Crippen LogP contribution in [-0.4, -0.2) is 19.5 Å². The van der Waals surface area contributed by atoms with Crippen molar-refractivity contribution in [3.8, 4) is 0 Å². The first-order valence-electron chi connectivity index (χ1n) is 7.05. The van der Waals surface area contributed by atoms with E-state index in [0.717, 1.165) is 4.90 Å². The Morgan fingerprint density at radius 3 is 2.30 bits per heavy atom. The minimum absolute atomic E-state index is 0.0143. The Hall–Kier alpha value is -0.583. The second-order valence-corrected chi connectivity index (χ2v) is 12.6. The third kappa shape index (κ3) is 5.42. The van der Waals surface area contributed by atoms with E-state index in [9.17, 15) is 4.79 Å². The molecule has 4 heteroatoms. The van der Waals surface area contributed by atoms with Crippen LogP contribution in [0.5, 0.6) is 0 Å². The summed E-state index contributed by atoms with van der Waals surface area (Å²) in [5.41, 5.74) is 0. The SMILES string of the molecule is CC(CC(=O)Sc1ccccc1)O[Si](C)(C)C(C)(C)C. The molecule has 20 heavy (non-hydrogen) atoms. The summed E-state index contributed by atoms with van der Waals surface area (Å²) in [5.74, 6) is 0. The molecule has 1 aromatic rings. The molecule has 2 nitrogen and oxygen atoms in total. The predicted octanol–water partition coefficient (Wildman–Crippen LogP) is 5.11. The Kier molecular flexibility index (Phi) is 6.04. The van der Waals surface area contributed by atoms with Crippen LogP contribution >= 0.6 is 11.8 Å². The topological polar surface area (TPSA) is 26.3 Å². The lowest BCUT2D eigenvalue weighted by molar-refractivity contribution is -0.112. The van der Waals surface area contributed by atoms with Gasteiger partial charge in [-0.2, -0.15) is 0 Å². The van der Waals surface area contributed by atoms with Crippen LogP contribution in [-0.2, 0) is 9.22 Å². The number of thioether (sulfide) groups is 1. The Morgan fingerprint density at radius 1 is 1.25 bits per heavy atom. The van der Waals surface area contributed by atoms with Gasteiger partial charge in [0, 0.05) is 11.3 Å². The van der Waals surface area contributed by atoms with Gasteiger partial charge in [0.2, 0.25) is 0 Å². The number of hydrogen-bond donors (Lipinski definition) is 0. The van der Waals surface area contributed by atoms with E-state index < -0.39 is 8.32 Å². The molecule has 0 amide bonds. The molecular formula is C16H26O2SSi. The van der Waals surface area contributed by atoms with Gasteiger partial charge in [0.25, 0.3) is 0 Å². The molecule has 112 valence electrons. The van der Waals surface area contributed by atoms with Crippen molar-refractivity contribution >= 4 is 25.2 Å². The summed E-state index contributed by atoms with van der Waals surface area (Å²) in [6.45, 7) is 13.1. The van der Waals surface area contributed by atoms with Crippen LogP contribution in [0.25, 0.3) is 0 Å². The molecule has 1 unspecified atom stereocenters. The van der Waals surface area contributed by atoms with E-state index in [4.69, 9.17) is 4.43 Å². The van der Waals surface area contributed by atoms with Crippen LogP contribution < -0.4 is 0 Å². The fraction of sp³-hybridized carbons (Fsp3) is 0.562. The summed E-state index contributed by atoms with van der Waals surface area (Å²) >= 11 is 1.30. The van der Waals surface area contributed by atoms with Gasteiger partial charge in [-0.3, -0.25) is 4.79 Å². The molecule has 0 radical (unpaired) electrons. The molecule has 0 N–H and O–H groups in total. The van der Waals surface area contributed by atoms with Crippen molar-refractivity contribution in [3.05, 3.63) is 30.3 Å². The molecule has 1 aromatic carbocycles. The fourth-order valence-electron chi connectivity index (χ4n) is 1.62. The maximum absolute atomic E-state index is 12.1. The van der Waals surface area contributed by atoms with E-state index >= 15 is 0 Å². The van der Waals surface area contributed by atoms with Crippen molar-refractivity contribution in [1.82, 2.24) is 0 Å². The lowest BCUT2D eigenvalue weighted by Crippen LogP contribution is -2.43. The largest absolute Gasteiger partial charge is 0.414 e. The van der Waals surface area contributed by atoms with Crippen molar-refractivity contribution in [1.29, 1.82) is 0 Å². The highest BCUT2D eigenvalue weighted by molar-refractivity contribution is 8.13. The summed E-state index contributed by atoms with van der Waals surface area (Å²) in [5, 5.41) is 0.346. The van der Waals surface area contributed by atoms with Crippen molar-refractivity contribution in [3.63, 3.8) is 0 Å². The van der Waals surface area contributed by atoms with Gasteiger partial charge >= 0.3 is 0 Å². The smallest absolute Gasteiger partial charge is 0.196 e.